The fourth-order valence-electron chi connectivity index (χ4n) is 2.66. The molecular formula is C15H23BrN2O2. The average Bonchev–Trinajstić information content (AvgIpc) is 2.45. The van der Waals surface area contributed by atoms with E-state index in [-0.39, 0.29) is 18.8 Å². The Labute approximate surface area is 129 Å². The van der Waals surface area contributed by atoms with Crippen LogP contribution in [0.2, 0.25) is 0 Å². The third-order valence-corrected chi connectivity index (χ3v) is 4.20. The molecule has 0 saturated carbocycles. The number of benzene rings is 1. The van der Waals surface area contributed by atoms with Crippen LogP contribution >= 0.6 is 15.9 Å². The topological polar surface area (TPSA) is 58.7 Å². The van der Waals surface area contributed by atoms with Gasteiger partial charge >= 0.3 is 0 Å². The van der Waals surface area contributed by atoms with E-state index in [1.807, 2.05) is 6.92 Å². The number of aliphatic hydroxyl groups excluding tert-OH is 1. The third kappa shape index (κ3) is 3.95. The first-order chi connectivity index (χ1) is 9.61. The highest BCUT2D eigenvalue weighted by molar-refractivity contribution is 9.10. The monoisotopic (exact) mass is 342 g/mol. The van der Waals surface area contributed by atoms with Crippen LogP contribution in [0.1, 0.15) is 31.4 Å². The van der Waals surface area contributed by atoms with E-state index in [1.54, 1.807) is 0 Å². The molecule has 1 aromatic carbocycles. The summed E-state index contributed by atoms with van der Waals surface area (Å²) in [7, 11) is 0. The van der Waals surface area contributed by atoms with E-state index in [1.165, 1.54) is 11.3 Å². The number of hydrogen-bond acceptors (Lipinski definition) is 4. The van der Waals surface area contributed by atoms with Gasteiger partial charge in [0.05, 0.1) is 19.3 Å². The summed E-state index contributed by atoms with van der Waals surface area (Å²) in [5, 5.41) is 8.80. The first-order valence-electron chi connectivity index (χ1n) is 7.14. The minimum atomic E-state index is 0.0193. The molecule has 1 atom stereocenters. The van der Waals surface area contributed by atoms with Gasteiger partial charge < -0.3 is 20.5 Å². The van der Waals surface area contributed by atoms with Crippen molar-refractivity contribution in [3.63, 3.8) is 0 Å². The molecule has 1 saturated heterocycles. The average molecular weight is 343 g/mol. The molecule has 1 aliphatic rings. The smallest absolute Gasteiger partial charge is 0.0701 e. The van der Waals surface area contributed by atoms with Gasteiger partial charge in [-0.2, -0.15) is 0 Å². The fraction of sp³-hybridized carbons (Fsp3) is 0.600. The number of anilines is 1. The van der Waals surface area contributed by atoms with Gasteiger partial charge in [0, 0.05) is 29.3 Å². The Hall–Kier alpha value is -0.620. The zero-order chi connectivity index (χ0) is 14.5. The first kappa shape index (κ1) is 15.8. The largest absolute Gasteiger partial charge is 0.394 e. The van der Waals surface area contributed by atoms with Crippen LogP contribution in [0.3, 0.4) is 0 Å². The predicted molar refractivity (Wildman–Crippen MR) is 85.0 cm³/mol. The minimum Gasteiger partial charge on any atom is -0.394 e. The summed E-state index contributed by atoms with van der Waals surface area (Å²) >= 11 is 3.51. The number of nitrogens with two attached hydrogens (primary N) is 1. The van der Waals surface area contributed by atoms with E-state index < -0.39 is 0 Å². The summed E-state index contributed by atoms with van der Waals surface area (Å²) in [6.07, 6.45) is 2.26. The van der Waals surface area contributed by atoms with Crippen LogP contribution < -0.4 is 10.6 Å². The van der Waals surface area contributed by atoms with E-state index in [0.29, 0.717) is 6.61 Å². The SMILES string of the molecule is CC(N)c1cc(Br)ccc1N1CCC(OCCO)CC1. The third-order valence-electron chi connectivity index (χ3n) is 3.71. The lowest BCUT2D eigenvalue weighted by Crippen LogP contribution is -2.38. The van der Waals surface area contributed by atoms with Gasteiger partial charge in [-0.15, -0.1) is 0 Å². The van der Waals surface area contributed by atoms with Crippen molar-refractivity contribution >= 4 is 21.6 Å². The standard InChI is InChI=1S/C15H23BrN2O2/c1-11(17)14-10-12(16)2-3-15(14)18-6-4-13(5-7-18)20-9-8-19/h2-3,10-11,13,19H,4-9,17H2,1H3. The number of ether oxygens (including phenoxy) is 1. The second kappa shape index (κ2) is 7.41. The fourth-order valence-corrected chi connectivity index (χ4v) is 3.04. The van der Waals surface area contributed by atoms with Gasteiger partial charge in [0.2, 0.25) is 0 Å². The molecule has 0 bridgehead atoms. The van der Waals surface area contributed by atoms with E-state index in [9.17, 15) is 0 Å². The molecule has 1 unspecified atom stereocenters. The number of piperidine rings is 1. The number of hydrogen-bond donors (Lipinski definition) is 2. The highest BCUT2D eigenvalue weighted by Crippen LogP contribution is 2.30. The summed E-state index contributed by atoms with van der Waals surface area (Å²) in [6.45, 7) is 4.49. The van der Waals surface area contributed by atoms with E-state index in [2.05, 4.69) is 39.0 Å². The molecule has 0 aliphatic carbocycles. The van der Waals surface area contributed by atoms with Gasteiger partial charge in [0.15, 0.2) is 0 Å². The normalized spacial score (nSPS) is 18.3. The first-order valence-corrected chi connectivity index (χ1v) is 7.93. The molecule has 0 amide bonds. The lowest BCUT2D eigenvalue weighted by Gasteiger charge is -2.35. The van der Waals surface area contributed by atoms with Crippen LogP contribution in [0.4, 0.5) is 5.69 Å². The van der Waals surface area contributed by atoms with Gasteiger partial charge in [-0.25, -0.2) is 0 Å². The minimum absolute atomic E-state index is 0.0193. The Morgan fingerprint density at radius 2 is 2.15 bits per heavy atom. The van der Waals surface area contributed by atoms with Gasteiger partial charge in [-0.05, 0) is 43.5 Å². The number of halogens is 1. The Bertz CT molecular complexity index is 432. The number of nitrogens with zero attached hydrogens (tertiary/aromatic N) is 1. The van der Waals surface area contributed by atoms with Gasteiger partial charge in [-0.3, -0.25) is 0 Å². The van der Waals surface area contributed by atoms with Gasteiger partial charge in [-0.1, -0.05) is 15.9 Å². The van der Waals surface area contributed by atoms with E-state index in [4.69, 9.17) is 15.6 Å². The molecular weight excluding hydrogens is 320 g/mol. The lowest BCUT2D eigenvalue weighted by atomic mass is 10.0. The summed E-state index contributed by atoms with van der Waals surface area (Å²) in [5.74, 6) is 0. The van der Waals surface area contributed by atoms with Crippen molar-refractivity contribution in [2.75, 3.05) is 31.2 Å². The van der Waals surface area contributed by atoms with Crippen LogP contribution in [-0.2, 0) is 4.74 Å². The van der Waals surface area contributed by atoms with Crippen LogP contribution in [-0.4, -0.2) is 37.5 Å². The number of aliphatic hydroxyl groups is 1. The molecule has 0 aromatic heterocycles. The van der Waals surface area contributed by atoms with Crippen LogP contribution in [0, 0.1) is 0 Å². The molecule has 1 fully saturated rings. The maximum Gasteiger partial charge on any atom is 0.0701 e. The molecule has 4 nitrogen and oxygen atoms in total. The lowest BCUT2D eigenvalue weighted by molar-refractivity contribution is 0.0159. The van der Waals surface area contributed by atoms with Crippen molar-refractivity contribution in [1.29, 1.82) is 0 Å². The van der Waals surface area contributed by atoms with Crippen molar-refractivity contribution in [3.8, 4) is 0 Å². The molecule has 2 rings (SSSR count). The van der Waals surface area contributed by atoms with Crippen molar-refractivity contribution in [2.24, 2.45) is 5.73 Å². The summed E-state index contributed by atoms with van der Waals surface area (Å²) in [4.78, 5) is 2.38. The van der Waals surface area contributed by atoms with Gasteiger partial charge in [0.25, 0.3) is 0 Å². The summed E-state index contributed by atoms with van der Waals surface area (Å²) in [6, 6.07) is 6.33. The molecule has 1 aromatic rings. The molecule has 5 heteroatoms. The molecule has 112 valence electrons. The highest BCUT2D eigenvalue weighted by Gasteiger charge is 2.22. The van der Waals surface area contributed by atoms with Crippen LogP contribution in [0.25, 0.3) is 0 Å². The summed E-state index contributed by atoms with van der Waals surface area (Å²) < 4.78 is 6.67. The number of rotatable bonds is 5. The molecule has 1 aliphatic heterocycles. The second-order valence-corrected chi connectivity index (χ2v) is 6.19. The second-order valence-electron chi connectivity index (χ2n) is 5.27. The van der Waals surface area contributed by atoms with Crippen LogP contribution in [0.5, 0.6) is 0 Å². The summed E-state index contributed by atoms with van der Waals surface area (Å²) in [5.41, 5.74) is 8.48. The van der Waals surface area contributed by atoms with E-state index >= 15 is 0 Å². The molecule has 20 heavy (non-hydrogen) atoms. The maximum absolute atomic E-state index is 8.80. The highest BCUT2D eigenvalue weighted by atomic mass is 79.9. The molecule has 0 radical (unpaired) electrons. The van der Waals surface area contributed by atoms with Crippen LogP contribution in [0.15, 0.2) is 22.7 Å². The van der Waals surface area contributed by atoms with Crippen molar-refractivity contribution in [2.45, 2.75) is 31.9 Å². The quantitative estimate of drug-likeness (QED) is 0.862. The van der Waals surface area contributed by atoms with E-state index in [0.717, 1.165) is 30.4 Å². The Balaban J connectivity index is 2.03. The van der Waals surface area contributed by atoms with Crippen molar-refractivity contribution in [3.05, 3.63) is 28.2 Å². The zero-order valence-electron chi connectivity index (χ0n) is 11.9. The Morgan fingerprint density at radius 3 is 2.75 bits per heavy atom. The molecule has 1 heterocycles. The predicted octanol–water partition coefficient (Wildman–Crippen LogP) is 2.45. The Kier molecular flexibility index (Phi) is 5.84. The van der Waals surface area contributed by atoms with Crippen molar-refractivity contribution < 1.29 is 9.84 Å². The zero-order valence-corrected chi connectivity index (χ0v) is 13.5. The molecule has 3 N–H and O–H groups in total. The van der Waals surface area contributed by atoms with Gasteiger partial charge in [0.1, 0.15) is 0 Å². The maximum atomic E-state index is 8.80. The Morgan fingerprint density at radius 1 is 1.45 bits per heavy atom. The molecule has 0 spiro atoms. The van der Waals surface area contributed by atoms with Crippen molar-refractivity contribution in [1.82, 2.24) is 0 Å².